The predicted molar refractivity (Wildman–Crippen MR) is 120 cm³/mol. The van der Waals surface area contributed by atoms with Gasteiger partial charge in [0.1, 0.15) is 18.8 Å². The lowest BCUT2D eigenvalue weighted by Gasteiger charge is -2.25. The molecular formula is C26H21N3O4. The minimum Gasteiger partial charge on any atom is -0.486 e. The Labute approximate surface area is 191 Å². The molecule has 2 aliphatic rings. The molecule has 0 spiro atoms. The van der Waals surface area contributed by atoms with E-state index in [1.165, 1.54) is 4.90 Å². The van der Waals surface area contributed by atoms with Crippen LogP contribution in [0, 0.1) is 11.3 Å². The maximum Gasteiger partial charge on any atom is 0.325 e. The van der Waals surface area contributed by atoms with Crippen molar-refractivity contribution >= 4 is 11.9 Å². The Morgan fingerprint density at radius 2 is 1.73 bits per heavy atom. The fourth-order valence-corrected chi connectivity index (χ4v) is 4.20. The van der Waals surface area contributed by atoms with Crippen LogP contribution in [0.15, 0.2) is 66.7 Å². The van der Waals surface area contributed by atoms with Crippen molar-refractivity contribution in [1.82, 2.24) is 10.2 Å². The topological polar surface area (TPSA) is 91.7 Å². The highest BCUT2D eigenvalue weighted by molar-refractivity contribution is 6.07. The summed E-state index contributed by atoms with van der Waals surface area (Å²) in [4.78, 5) is 27.3. The molecule has 1 atom stereocenters. The van der Waals surface area contributed by atoms with Crippen LogP contribution < -0.4 is 14.8 Å². The first-order valence-electron chi connectivity index (χ1n) is 10.6. The van der Waals surface area contributed by atoms with Gasteiger partial charge in [-0.05, 0) is 47.4 Å². The Morgan fingerprint density at radius 1 is 1.00 bits per heavy atom. The zero-order valence-corrected chi connectivity index (χ0v) is 18.0. The molecule has 0 radical (unpaired) electrons. The van der Waals surface area contributed by atoms with Crippen LogP contribution in [0.4, 0.5) is 4.79 Å². The van der Waals surface area contributed by atoms with Crippen LogP contribution in [0.1, 0.15) is 23.6 Å². The summed E-state index contributed by atoms with van der Waals surface area (Å²) in [5.74, 6) is 0.858. The number of hydrogen-bond donors (Lipinski definition) is 1. The van der Waals surface area contributed by atoms with E-state index in [0.29, 0.717) is 35.8 Å². The van der Waals surface area contributed by atoms with Crippen molar-refractivity contribution in [1.29, 1.82) is 5.26 Å². The van der Waals surface area contributed by atoms with Gasteiger partial charge in [-0.3, -0.25) is 9.69 Å². The number of carbonyl (C=O) groups excluding carboxylic acids is 2. The number of imide groups is 1. The zero-order chi connectivity index (χ0) is 23.0. The second-order valence-corrected chi connectivity index (χ2v) is 8.16. The fraction of sp³-hybridized carbons (Fsp3) is 0.192. The third kappa shape index (κ3) is 3.56. The number of rotatable bonds is 4. The average Bonchev–Trinajstić information content (AvgIpc) is 3.08. The molecule has 164 valence electrons. The Balaban J connectivity index is 1.37. The smallest absolute Gasteiger partial charge is 0.325 e. The third-order valence-electron chi connectivity index (χ3n) is 6.05. The molecular weight excluding hydrogens is 418 g/mol. The molecule has 5 rings (SSSR count). The highest BCUT2D eigenvalue weighted by Gasteiger charge is 2.49. The maximum absolute atomic E-state index is 13.3. The van der Waals surface area contributed by atoms with E-state index in [1.54, 1.807) is 31.2 Å². The van der Waals surface area contributed by atoms with Gasteiger partial charge in [-0.2, -0.15) is 5.26 Å². The van der Waals surface area contributed by atoms with Crippen LogP contribution in [0.25, 0.3) is 11.1 Å². The molecule has 7 nitrogen and oxygen atoms in total. The van der Waals surface area contributed by atoms with Gasteiger partial charge < -0.3 is 14.8 Å². The normalized spacial score (nSPS) is 19.2. The van der Waals surface area contributed by atoms with Gasteiger partial charge in [0.2, 0.25) is 0 Å². The van der Waals surface area contributed by atoms with E-state index in [2.05, 4.69) is 11.4 Å². The fourth-order valence-electron chi connectivity index (χ4n) is 4.20. The van der Waals surface area contributed by atoms with Crippen molar-refractivity contribution in [3.05, 3.63) is 83.4 Å². The second kappa shape index (κ2) is 7.99. The minimum atomic E-state index is -1.20. The van der Waals surface area contributed by atoms with E-state index in [0.717, 1.165) is 16.7 Å². The van der Waals surface area contributed by atoms with Crippen molar-refractivity contribution in [2.45, 2.75) is 19.0 Å². The zero-order valence-electron chi connectivity index (χ0n) is 18.0. The summed E-state index contributed by atoms with van der Waals surface area (Å²) in [7, 11) is 0. The number of nitriles is 1. The molecule has 1 fully saturated rings. The van der Waals surface area contributed by atoms with Gasteiger partial charge in [0.15, 0.2) is 11.5 Å². The lowest BCUT2D eigenvalue weighted by molar-refractivity contribution is -0.131. The molecule has 0 aliphatic carbocycles. The molecule has 3 aromatic rings. The molecule has 7 heteroatoms. The first-order valence-corrected chi connectivity index (χ1v) is 10.6. The second-order valence-electron chi connectivity index (χ2n) is 8.16. The number of nitrogens with one attached hydrogen (secondary N) is 1. The van der Waals surface area contributed by atoms with Crippen molar-refractivity contribution in [2.75, 3.05) is 13.2 Å². The first-order chi connectivity index (χ1) is 16.0. The van der Waals surface area contributed by atoms with E-state index in [-0.39, 0.29) is 12.5 Å². The highest BCUT2D eigenvalue weighted by Crippen LogP contribution is 2.37. The summed E-state index contributed by atoms with van der Waals surface area (Å²) in [6, 6.07) is 21.9. The number of carbonyl (C=O) groups is 2. The van der Waals surface area contributed by atoms with E-state index >= 15 is 0 Å². The molecule has 3 aromatic carbocycles. The Hall–Kier alpha value is -4.31. The van der Waals surface area contributed by atoms with E-state index < -0.39 is 11.6 Å². The highest BCUT2D eigenvalue weighted by atomic mass is 16.6. The van der Waals surface area contributed by atoms with Gasteiger partial charge in [0.05, 0.1) is 18.2 Å². The van der Waals surface area contributed by atoms with Crippen LogP contribution in [-0.2, 0) is 16.9 Å². The molecule has 0 unspecified atom stereocenters. The molecule has 33 heavy (non-hydrogen) atoms. The summed E-state index contributed by atoms with van der Waals surface area (Å²) in [6.45, 7) is 2.76. The lowest BCUT2D eigenvalue weighted by Crippen LogP contribution is -2.41. The summed E-state index contributed by atoms with van der Waals surface area (Å²) >= 11 is 0. The molecule has 3 amide bonds. The largest absolute Gasteiger partial charge is 0.486 e. The summed E-state index contributed by atoms with van der Waals surface area (Å²) in [5.41, 5.74) is 2.58. The number of hydrogen-bond acceptors (Lipinski definition) is 5. The third-order valence-corrected chi connectivity index (χ3v) is 6.05. The van der Waals surface area contributed by atoms with Gasteiger partial charge >= 0.3 is 6.03 Å². The number of ether oxygens (including phenoxy) is 2. The number of amides is 3. The summed E-state index contributed by atoms with van der Waals surface area (Å²) in [5, 5.41) is 12.2. The number of nitrogens with zero attached hydrogens (tertiary/aromatic N) is 2. The maximum atomic E-state index is 13.3. The van der Waals surface area contributed by atoms with E-state index in [4.69, 9.17) is 9.47 Å². The Bertz CT molecular complexity index is 1300. The van der Waals surface area contributed by atoms with Gasteiger partial charge in [-0.1, -0.05) is 48.5 Å². The van der Waals surface area contributed by atoms with Gasteiger partial charge in [-0.15, -0.1) is 0 Å². The van der Waals surface area contributed by atoms with E-state index in [1.807, 2.05) is 42.5 Å². The number of urea groups is 1. The standard InChI is InChI=1S/C26H21N3O4/c1-26(20-10-11-22-23(14-20)33-13-12-32-22)24(30)29(25(31)28-26)16-17-6-8-18(9-7-17)21-5-3-2-4-19(21)15-27/h2-11,14H,12-13,16H2,1H3,(H,28,31)/t26-/m0/s1. The van der Waals surface area contributed by atoms with Crippen LogP contribution >= 0.6 is 0 Å². The molecule has 0 bridgehead atoms. The number of benzene rings is 3. The van der Waals surface area contributed by atoms with Gasteiger partial charge in [0.25, 0.3) is 5.91 Å². The monoisotopic (exact) mass is 439 g/mol. The van der Waals surface area contributed by atoms with Crippen LogP contribution in [0.2, 0.25) is 0 Å². The quantitative estimate of drug-likeness (QED) is 0.621. The Kier molecular flexibility index (Phi) is 4.98. The van der Waals surface area contributed by atoms with Gasteiger partial charge in [0, 0.05) is 0 Å². The summed E-state index contributed by atoms with van der Waals surface area (Å²) < 4.78 is 11.2. The minimum absolute atomic E-state index is 0.144. The Morgan fingerprint density at radius 3 is 2.48 bits per heavy atom. The molecule has 1 saturated heterocycles. The SMILES string of the molecule is C[C@@]1(c2ccc3c(c2)OCCO3)NC(=O)N(Cc2ccc(-c3ccccc3C#N)cc2)C1=O. The van der Waals surface area contributed by atoms with E-state index in [9.17, 15) is 14.9 Å². The van der Waals surface area contributed by atoms with Crippen LogP contribution in [0.5, 0.6) is 11.5 Å². The van der Waals surface area contributed by atoms with Crippen molar-refractivity contribution in [3.8, 4) is 28.7 Å². The average molecular weight is 439 g/mol. The van der Waals surface area contributed by atoms with Crippen LogP contribution in [0.3, 0.4) is 0 Å². The molecule has 2 heterocycles. The van der Waals surface area contributed by atoms with Gasteiger partial charge in [-0.25, -0.2) is 4.79 Å². The van der Waals surface area contributed by atoms with Crippen molar-refractivity contribution < 1.29 is 19.1 Å². The first kappa shape index (κ1) is 20.6. The predicted octanol–water partition coefficient (Wildman–Crippen LogP) is 3.96. The van der Waals surface area contributed by atoms with Crippen molar-refractivity contribution in [2.24, 2.45) is 0 Å². The molecule has 0 saturated carbocycles. The number of fused-ring (bicyclic) bond motifs is 1. The lowest BCUT2D eigenvalue weighted by atomic mass is 9.91. The van der Waals surface area contributed by atoms with Crippen molar-refractivity contribution in [3.63, 3.8) is 0 Å². The summed E-state index contributed by atoms with van der Waals surface area (Å²) in [6.07, 6.45) is 0. The molecule has 2 aliphatic heterocycles. The molecule has 1 N–H and O–H groups in total. The van der Waals surface area contributed by atoms with Crippen LogP contribution in [-0.4, -0.2) is 30.1 Å². The molecule has 0 aromatic heterocycles.